The number of rotatable bonds is 8. The summed E-state index contributed by atoms with van der Waals surface area (Å²) in [7, 11) is -2.49. The van der Waals surface area contributed by atoms with Gasteiger partial charge in [-0.25, -0.2) is 8.42 Å². The zero-order chi connectivity index (χ0) is 25.4. The second-order valence-electron chi connectivity index (χ2n) is 6.72. The lowest BCUT2D eigenvalue weighted by Crippen LogP contribution is -2.32. The maximum atomic E-state index is 12.5. The minimum absolute atomic E-state index is 0.00871. The van der Waals surface area contributed by atoms with Crippen molar-refractivity contribution in [2.75, 3.05) is 17.1 Å². The number of amides is 1. The first kappa shape index (κ1) is 25.2. The van der Waals surface area contributed by atoms with Gasteiger partial charge in [-0.15, -0.1) is 10.2 Å². The molecule has 3 aromatic rings. The average molecular weight is 515 g/mol. The number of ether oxygens (including phenoxy) is 1. The number of anilines is 2. The summed E-state index contributed by atoms with van der Waals surface area (Å²) >= 11 is 5.09. The minimum Gasteiger partial charge on any atom is -0.480 e. The molecule has 2 aromatic carbocycles. The van der Waals surface area contributed by atoms with E-state index in [0.717, 1.165) is 0 Å². The van der Waals surface area contributed by atoms with E-state index in [2.05, 4.69) is 25.6 Å². The van der Waals surface area contributed by atoms with Gasteiger partial charge in [0.05, 0.1) is 16.9 Å². The third-order valence-corrected chi connectivity index (χ3v) is 5.85. The fourth-order valence-corrected chi connectivity index (χ4v) is 3.81. The number of hydrogen-bond acceptors (Lipinski definition) is 9. The third-order valence-electron chi connectivity index (χ3n) is 4.28. The zero-order valence-corrected chi connectivity index (χ0v) is 19.7. The Balaban J connectivity index is 1.54. The summed E-state index contributed by atoms with van der Waals surface area (Å²) in [6.07, 6.45) is 2.69. The van der Waals surface area contributed by atoms with Crippen molar-refractivity contribution >= 4 is 56.5 Å². The molecule has 35 heavy (non-hydrogen) atoms. The third kappa shape index (κ3) is 7.28. The van der Waals surface area contributed by atoms with Gasteiger partial charge in [-0.1, -0.05) is 0 Å². The average Bonchev–Trinajstić information content (AvgIpc) is 2.83. The first-order valence-corrected chi connectivity index (χ1v) is 11.6. The summed E-state index contributed by atoms with van der Waals surface area (Å²) in [5.41, 5.74) is 0.981. The van der Waals surface area contributed by atoms with Crippen molar-refractivity contribution in [3.63, 3.8) is 0 Å². The fraction of sp³-hybridized carbons (Fsp3) is 0.0476. The number of carbonyl (C=O) groups excluding carboxylic acids is 1. The van der Waals surface area contributed by atoms with E-state index in [1.54, 1.807) is 0 Å². The number of nitrogens with zero attached hydrogens (tertiary/aromatic N) is 3. The maximum Gasteiger partial charge on any atom is 0.269 e. The first-order chi connectivity index (χ1) is 16.7. The lowest BCUT2D eigenvalue weighted by Gasteiger charge is -2.10. The highest BCUT2D eigenvalue weighted by molar-refractivity contribution is 7.92. The molecule has 0 spiro atoms. The van der Waals surface area contributed by atoms with Crippen LogP contribution in [0.5, 0.6) is 5.88 Å². The molecular formula is C21H18N6O6S2. The molecule has 3 N–H and O–H groups in total. The lowest BCUT2D eigenvalue weighted by atomic mass is 10.2. The normalized spacial score (nSPS) is 11.0. The molecule has 0 atom stereocenters. The van der Waals surface area contributed by atoms with Crippen molar-refractivity contribution in [3.05, 3.63) is 82.4 Å². The van der Waals surface area contributed by atoms with Crippen molar-refractivity contribution in [2.45, 2.75) is 4.90 Å². The highest BCUT2D eigenvalue weighted by Gasteiger charge is 2.15. The van der Waals surface area contributed by atoms with E-state index in [9.17, 15) is 23.3 Å². The van der Waals surface area contributed by atoms with Crippen LogP contribution in [0.1, 0.15) is 5.56 Å². The smallest absolute Gasteiger partial charge is 0.269 e. The van der Waals surface area contributed by atoms with E-state index in [4.69, 9.17) is 17.0 Å². The van der Waals surface area contributed by atoms with Gasteiger partial charge in [0.15, 0.2) is 10.9 Å². The van der Waals surface area contributed by atoms with Gasteiger partial charge < -0.3 is 10.1 Å². The molecule has 0 saturated heterocycles. The van der Waals surface area contributed by atoms with E-state index < -0.39 is 20.9 Å². The van der Waals surface area contributed by atoms with Crippen molar-refractivity contribution in [1.29, 1.82) is 0 Å². The molecule has 1 aromatic heterocycles. The van der Waals surface area contributed by atoms with Crippen molar-refractivity contribution in [2.24, 2.45) is 0 Å². The van der Waals surface area contributed by atoms with Crippen LogP contribution in [0.4, 0.5) is 17.2 Å². The number of aromatic nitrogens is 2. The van der Waals surface area contributed by atoms with E-state index in [1.807, 2.05) is 0 Å². The fourth-order valence-electron chi connectivity index (χ4n) is 2.59. The van der Waals surface area contributed by atoms with Crippen LogP contribution < -0.4 is 20.1 Å². The second-order valence-corrected chi connectivity index (χ2v) is 8.81. The van der Waals surface area contributed by atoms with E-state index in [1.165, 1.54) is 79.9 Å². The van der Waals surface area contributed by atoms with E-state index >= 15 is 0 Å². The number of nitrogens with one attached hydrogen (secondary N) is 3. The molecule has 180 valence electrons. The van der Waals surface area contributed by atoms with Crippen LogP contribution in [-0.4, -0.2) is 41.7 Å². The summed E-state index contributed by atoms with van der Waals surface area (Å²) in [5.74, 6) is -0.253. The Labute approximate surface area is 205 Å². The van der Waals surface area contributed by atoms with Gasteiger partial charge in [0.25, 0.3) is 15.7 Å². The molecule has 14 heteroatoms. The molecule has 0 fully saturated rings. The number of nitro groups is 1. The van der Waals surface area contributed by atoms with Crippen molar-refractivity contribution < 1.29 is 22.9 Å². The van der Waals surface area contributed by atoms with E-state index in [0.29, 0.717) is 11.3 Å². The number of sulfonamides is 1. The van der Waals surface area contributed by atoms with Crippen molar-refractivity contribution in [1.82, 2.24) is 15.5 Å². The zero-order valence-electron chi connectivity index (χ0n) is 18.0. The number of hydrogen-bond donors (Lipinski definition) is 3. The monoisotopic (exact) mass is 514 g/mol. The number of non-ortho nitro benzene ring substituents is 1. The quantitative estimate of drug-likeness (QED) is 0.176. The molecule has 1 amide bonds. The molecule has 12 nitrogen and oxygen atoms in total. The number of thiocarbonyl (C=S) groups is 1. The molecule has 0 radical (unpaired) electrons. The van der Waals surface area contributed by atoms with Gasteiger partial charge in [0.1, 0.15) is 0 Å². The predicted octanol–water partition coefficient (Wildman–Crippen LogP) is 2.72. The first-order valence-electron chi connectivity index (χ1n) is 9.71. The Kier molecular flexibility index (Phi) is 8.01. The molecule has 1 heterocycles. The summed E-state index contributed by atoms with van der Waals surface area (Å²) in [5, 5.41) is 23.3. The molecule has 0 aliphatic heterocycles. The molecule has 3 rings (SSSR count). The van der Waals surface area contributed by atoms with Gasteiger partial charge in [-0.05, 0) is 66.3 Å². The van der Waals surface area contributed by atoms with Gasteiger partial charge in [0.2, 0.25) is 11.8 Å². The van der Waals surface area contributed by atoms with Crippen LogP contribution in [0.2, 0.25) is 0 Å². The van der Waals surface area contributed by atoms with Crippen LogP contribution in [0.3, 0.4) is 0 Å². The molecular weight excluding hydrogens is 496 g/mol. The molecule has 0 bridgehead atoms. The Morgan fingerprint density at radius 1 is 1.06 bits per heavy atom. The Morgan fingerprint density at radius 3 is 2.31 bits per heavy atom. The summed E-state index contributed by atoms with van der Waals surface area (Å²) in [6, 6.07) is 14.2. The number of carbonyl (C=O) groups is 1. The van der Waals surface area contributed by atoms with Crippen LogP contribution in [-0.2, 0) is 14.8 Å². The SMILES string of the molecule is COc1ccc(NS(=O)(=O)c2ccc(NC(=S)NC(=O)/C=C/c3ccc([N+](=O)[O-])cc3)cc2)nn1. The Hall–Kier alpha value is -4.43. The summed E-state index contributed by atoms with van der Waals surface area (Å²) in [6.45, 7) is 0. The number of benzene rings is 2. The van der Waals surface area contributed by atoms with Crippen LogP contribution in [0, 0.1) is 10.1 Å². The van der Waals surface area contributed by atoms with Crippen molar-refractivity contribution in [3.8, 4) is 5.88 Å². The lowest BCUT2D eigenvalue weighted by molar-refractivity contribution is -0.384. The summed E-state index contributed by atoms with van der Waals surface area (Å²) in [4.78, 5) is 22.2. The van der Waals surface area contributed by atoms with Gasteiger partial charge in [-0.2, -0.15) is 0 Å². The predicted molar refractivity (Wildman–Crippen MR) is 132 cm³/mol. The number of methoxy groups -OCH3 is 1. The standard InChI is InChI=1S/C21H18N6O6S2/c1-33-20-13-11-18(24-25-20)26-35(31,32)17-9-5-15(6-10-17)22-21(34)23-19(28)12-4-14-2-7-16(8-3-14)27(29)30/h2-13H,1H3,(H,24,26)(H2,22,23,28,34)/b12-4+. The van der Waals surface area contributed by atoms with E-state index in [-0.39, 0.29) is 27.4 Å². The number of nitro benzene ring substituents is 1. The second kappa shape index (κ2) is 11.1. The molecule has 0 aliphatic rings. The van der Waals surface area contributed by atoms with Gasteiger partial charge in [0, 0.05) is 30.0 Å². The minimum atomic E-state index is -3.91. The topological polar surface area (TPSA) is 165 Å². The molecule has 0 saturated carbocycles. The van der Waals surface area contributed by atoms with Crippen LogP contribution in [0.15, 0.2) is 71.6 Å². The molecule has 0 aliphatic carbocycles. The largest absolute Gasteiger partial charge is 0.480 e. The highest BCUT2D eigenvalue weighted by Crippen LogP contribution is 2.18. The van der Waals surface area contributed by atoms with Gasteiger partial charge in [-0.3, -0.25) is 24.9 Å². The van der Waals surface area contributed by atoms with Crippen LogP contribution in [0.25, 0.3) is 6.08 Å². The Bertz CT molecular complexity index is 1360. The summed E-state index contributed by atoms with van der Waals surface area (Å²) < 4.78 is 32.2. The van der Waals surface area contributed by atoms with Gasteiger partial charge >= 0.3 is 0 Å². The van der Waals surface area contributed by atoms with Crippen LogP contribution >= 0.6 is 12.2 Å². The molecule has 0 unspecified atom stereocenters. The highest BCUT2D eigenvalue weighted by atomic mass is 32.2. The maximum absolute atomic E-state index is 12.5. The Morgan fingerprint density at radius 2 is 1.74 bits per heavy atom.